The number of hydrogen-bond donors (Lipinski definition) is 2. The molecule has 8 heteroatoms. The number of hydrogen-bond acceptors (Lipinski definition) is 4. The summed E-state index contributed by atoms with van der Waals surface area (Å²) in [6, 6.07) is 6.47. The molecule has 1 fully saturated rings. The second-order valence-corrected chi connectivity index (χ2v) is 8.82. The molecule has 0 amide bonds. The first-order chi connectivity index (χ1) is 14.2. The van der Waals surface area contributed by atoms with E-state index in [1.165, 1.54) is 12.1 Å². The van der Waals surface area contributed by atoms with Gasteiger partial charge in [0.2, 0.25) is 0 Å². The lowest BCUT2D eigenvalue weighted by atomic mass is 9.87. The van der Waals surface area contributed by atoms with E-state index in [0.717, 1.165) is 11.3 Å². The van der Waals surface area contributed by atoms with Crippen molar-refractivity contribution in [3.8, 4) is 0 Å². The third kappa shape index (κ3) is 3.37. The van der Waals surface area contributed by atoms with Gasteiger partial charge in [-0.1, -0.05) is 23.2 Å². The second-order valence-electron chi connectivity index (χ2n) is 8.04. The number of nitrogens with zero attached hydrogens (tertiary/aromatic N) is 2. The van der Waals surface area contributed by atoms with Crippen molar-refractivity contribution in [2.75, 3.05) is 18.4 Å². The van der Waals surface area contributed by atoms with Gasteiger partial charge in [-0.2, -0.15) is 0 Å². The molecule has 1 saturated heterocycles. The summed E-state index contributed by atoms with van der Waals surface area (Å²) in [6.45, 7) is 6.93. The highest BCUT2D eigenvalue weighted by atomic mass is 35.5. The SMILES string of the molecule is Cc1c(N[C@]2(c3c(F)ccc(Cl)c3Cl)CCNC2)ccc2ncn(C(C)C)c(=O)c12. The van der Waals surface area contributed by atoms with Crippen LogP contribution in [-0.4, -0.2) is 22.6 Å². The van der Waals surface area contributed by atoms with E-state index < -0.39 is 11.4 Å². The Kier molecular flexibility index (Phi) is 5.51. The molecule has 1 aliphatic heterocycles. The van der Waals surface area contributed by atoms with E-state index in [2.05, 4.69) is 15.6 Å². The molecule has 0 unspecified atom stereocenters. The molecule has 1 atom stereocenters. The zero-order valence-electron chi connectivity index (χ0n) is 17.0. The van der Waals surface area contributed by atoms with Crippen LogP contribution < -0.4 is 16.2 Å². The van der Waals surface area contributed by atoms with E-state index in [9.17, 15) is 9.18 Å². The van der Waals surface area contributed by atoms with Gasteiger partial charge in [0.25, 0.3) is 5.56 Å². The first kappa shape index (κ1) is 21.1. The van der Waals surface area contributed by atoms with Crippen LogP contribution >= 0.6 is 23.2 Å². The van der Waals surface area contributed by atoms with Crippen LogP contribution in [0.25, 0.3) is 10.9 Å². The van der Waals surface area contributed by atoms with Gasteiger partial charge in [0.1, 0.15) is 5.82 Å². The van der Waals surface area contributed by atoms with Gasteiger partial charge in [0.05, 0.1) is 32.8 Å². The highest BCUT2D eigenvalue weighted by Crippen LogP contribution is 2.41. The maximum absolute atomic E-state index is 14.9. The molecule has 2 heterocycles. The largest absolute Gasteiger partial charge is 0.374 e. The molecule has 30 heavy (non-hydrogen) atoms. The zero-order valence-corrected chi connectivity index (χ0v) is 18.5. The Morgan fingerprint density at radius 2 is 2.03 bits per heavy atom. The predicted molar refractivity (Wildman–Crippen MR) is 120 cm³/mol. The maximum atomic E-state index is 14.9. The topological polar surface area (TPSA) is 59.0 Å². The van der Waals surface area contributed by atoms with Crippen molar-refractivity contribution in [2.45, 2.75) is 38.8 Å². The number of anilines is 1. The molecule has 1 aliphatic rings. The lowest BCUT2D eigenvalue weighted by Gasteiger charge is -2.33. The minimum atomic E-state index is -0.788. The van der Waals surface area contributed by atoms with E-state index in [-0.39, 0.29) is 16.6 Å². The fraction of sp³-hybridized carbons (Fsp3) is 0.364. The van der Waals surface area contributed by atoms with Gasteiger partial charge in [-0.05, 0) is 63.6 Å². The van der Waals surface area contributed by atoms with Gasteiger partial charge in [-0.15, -0.1) is 0 Å². The van der Waals surface area contributed by atoms with E-state index >= 15 is 0 Å². The molecule has 158 valence electrons. The number of halogens is 3. The van der Waals surface area contributed by atoms with E-state index in [4.69, 9.17) is 23.2 Å². The van der Waals surface area contributed by atoms with Crippen molar-refractivity contribution in [1.82, 2.24) is 14.9 Å². The van der Waals surface area contributed by atoms with Crippen LogP contribution in [0.5, 0.6) is 0 Å². The van der Waals surface area contributed by atoms with E-state index in [1.807, 2.05) is 32.9 Å². The van der Waals surface area contributed by atoms with Gasteiger partial charge in [0, 0.05) is 23.8 Å². The third-order valence-electron chi connectivity index (χ3n) is 5.82. The molecular weight excluding hydrogens is 426 g/mol. The molecule has 2 aromatic carbocycles. The van der Waals surface area contributed by atoms with Crippen molar-refractivity contribution in [1.29, 1.82) is 0 Å². The average Bonchev–Trinajstić information content (AvgIpc) is 3.16. The van der Waals surface area contributed by atoms with Crippen LogP contribution in [0, 0.1) is 12.7 Å². The van der Waals surface area contributed by atoms with Gasteiger partial charge < -0.3 is 10.6 Å². The fourth-order valence-corrected chi connectivity index (χ4v) is 4.67. The number of nitrogens with one attached hydrogen (secondary N) is 2. The first-order valence-corrected chi connectivity index (χ1v) is 10.6. The molecule has 5 nitrogen and oxygen atoms in total. The minimum absolute atomic E-state index is 0.00449. The summed E-state index contributed by atoms with van der Waals surface area (Å²) >= 11 is 12.7. The quantitative estimate of drug-likeness (QED) is 0.549. The third-order valence-corrected chi connectivity index (χ3v) is 6.63. The van der Waals surface area contributed by atoms with Crippen LogP contribution in [0.15, 0.2) is 35.4 Å². The summed E-state index contributed by atoms with van der Waals surface area (Å²) in [5, 5.41) is 7.84. The van der Waals surface area contributed by atoms with E-state index in [1.54, 1.807) is 10.9 Å². The number of aromatic nitrogens is 2. The van der Waals surface area contributed by atoms with Crippen LogP contribution in [0.2, 0.25) is 10.0 Å². The average molecular weight is 449 g/mol. The molecule has 1 aromatic heterocycles. The van der Waals surface area contributed by atoms with Gasteiger partial charge >= 0.3 is 0 Å². The number of aryl methyl sites for hydroxylation is 1. The molecule has 0 saturated carbocycles. The van der Waals surface area contributed by atoms with Crippen LogP contribution in [0.1, 0.15) is 37.4 Å². The molecule has 0 radical (unpaired) electrons. The highest BCUT2D eigenvalue weighted by molar-refractivity contribution is 6.42. The summed E-state index contributed by atoms with van der Waals surface area (Å²) in [4.78, 5) is 17.5. The molecule has 3 aromatic rings. The van der Waals surface area contributed by atoms with Gasteiger partial charge in [-0.3, -0.25) is 9.36 Å². The number of benzene rings is 2. The highest BCUT2D eigenvalue weighted by Gasteiger charge is 2.40. The zero-order chi connectivity index (χ0) is 21.6. The lowest BCUT2D eigenvalue weighted by Crippen LogP contribution is -2.39. The molecular formula is C22H23Cl2FN4O. The van der Waals surface area contributed by atoms with Crippen molar-refractivity contribution in [3.05, 3.63) is 67.9 Å². The summed E-state index contributed by atoms with van der Waals surface area (Å²) in [5.74, 6) is -0.414. The summed E-state index contributed by atoms with van der Waals surface area (Å²) in [7, 11) is 0. The predicted octanol–water partition coefficient (Wildman–Crippen LogP) is 5.03. The number of fused-ring (bicyclic) bond motifs is 1. The van der Waals surface area contributed by atoms with E-state index in [0.29, 0.717) is 41.0 Å². The summed E-state index contributed by atoms with van der Waals surface area (Å²) in [6.07, 6.45) is 2.19. The monoisotopic (exact) mass is 448 g/mol. The molecule has 2 N–H and O–H groups in total. The summed E-state index contributed by atoms with van der Waals surface area (Å²) < 4.78 is 16.5. The minimum Gasteiger partial charge on any atom is -0.374 e. The Morgan fingerprint density at radius 3 is 2.70 bits per heavy atom. The molecule has 0 bridgehead atoms. The van der Waals surface area contributed by atoms with Crippen molar-refractivity contribution >= 4 is 39.8 Å². The second kappa shape index (κ2) is 7.84. The Hall–Kier alpha value is -2.15. The Morgan fingerprint density at radius 1 is 1.27 bits per heavy atom. The van der Waals surface area contributed by atoms with Crippen LogP contribution in [0.4, 0.5) is 10.1 Å². The Balaban J connectivity index is 1.88. The standard InChI is InChI=1S/C22H23Cl2FN4O/c1-12(2)29-11-27-17-7-6-16(13(3)18(17)21(29)30)28-22(8-9-26-10-22)19-15(25)5-4-14(23)20(19)24/h4-7,11-12,26,28H,8-10H2,1-3H3/t22-/m1/s1. The van der Waals surface area contributed by atoms with Crippen molar-refractivity contribution < 1.29 is 4.39 Å². The molecule has 0 spiro atoms. The van der Waals surface area contributed by atoms with Crippen LogP contribution in [0.3, 0.4) is 0 Å². The maximum Gasteiger partial charge on any atom is 0.261 e. The van der Waals surface area contributed by atoms with Crippen LogP contribution in [-0.2, 0) is 5.54 Å². The lowest BCUT2D eigenvalue weighted by molar-refractivity contribution is 0.495. The molecule has 0 aliphatic carbocycles. The number of rotatable bonds is 4. The Labute approximate surface area is 184 Å². The first-order valence-electron chi connectivity index (χ1n) is 9.88. The van der Waals surface area contributed by atoms with Gasteiger partial charge in [-0.25, -0.2) is 9.37 Å². The normalized spacial score (nSPS) is 19.0. The molecule has 4 rings (SSSR count). The van der Waals surface area contributed by atoms with Crippen molar-refractivity contribution in [3.63, 3.8) is 0 Å². The smallest absolute Gasteiger partial charge is 0.261 e. The van der Waals surface area contributed by atoms with Gasteiger partial charge in [0.15, 0.2) is 0 Å². The Bertz CT molecular complexity index is 1190. The fourth-order valence-electron chi connectivity index (χ4n) is 4.18. The summed E-state index contributed by atoms with van der Waals surface area (Å²) in [5.41, 5.74) is 1.59. The van der Waals surface area contributed by atoms with Crippen molar-refractivity contribution in [2.24, 2.45) is 0 Å².